The first-order chi connectivity index (χ1) is 11.0. The predicted octanol–water partition coefficient (Wildman–Crippen LogP) is 3.93. The van der Waals surface area contributed by atoms with E-state index >= 15 is 0 Å². The van der Waals surface area contributed by atoms with Crippen molar-refractivity contribution in [3.8, 4) is 5.75 Å². The van der Waals surface area contributed by atoms with Crippen LogP contribution in [0.1, 0.15) is 34.6 Å². The lowest BCUT2D eigenvalue weighted by Crippen LogP contribution is -2.49. The highest BCUT2D eigenvalue weighted by molar-refractivity contribution is 9.10. The molecule has 0 aromatic heterocycles. The van der Waals surface area contributed by atoms with E-state index in [1.54, 1.807) is 39.8 Å². The highest BCUT2D eigenvalue weighted by Gasteiger charge is 2.31. The number of halogens is 1. The minimum Gasteiger partial charge on any atom is -0.489 e. The molecule has 1 N–H and O–H groups in total. The minimum absolute atomic E-state index is 0.0957. The van der Waals surface area contributed by atoms with E-state index in [1.807, 2.05) is 12.1 Å². The van der Waals surface area contributed by atoms with Crippen molar-refractivity contribution in [2.75, 3.05) is 6.54 Å². The molecule has 1 amide bonds. The average Bonchev–Trinajstić information content (AvgIpc) is 2.44. The Morgan fingerprint density at radius 1 is 1.21 bits per heavy atom. The number of carboxylic acid groups (broad SMARTS) is 1. The monoisotopic (exact) mass is 401 g/mol. The zero-order chi connectivity index (χ0) is 18.5. The Bertz CT molecular complexity index is 567. The van der Waals surface area contributed by atoms with Gasteiger partial charge in [0.2, 0.25) is 0 Å². The van der Waals surface area contributed by atoms with E-state index in [2.05, 4.69) is 15.9 Å². The van der Waals surface area contributed by atoms with Gasteiger partial charge >= 0.3 is 12.1 Å². The molecule has 24 heavy (non-hydrogen) atoms. The van der Waals surface area contributed by atoms with Crippen LogP contribution in [0, 0.1) is 0 Å². The Hall–Kier alpha value is -1.76. The van der Waals surface area contributed by atoms with Gasteiger partial charge in [0.05, 0.1) is 6.54 Å². The first-order valence-electron chi connectivity index (χ1n) is 7.64. The molecule has 0 saturated carbocycles. The molecule has 0 radical (unpaired) electrons. The van der Waals surface area contributed by atoms with Gasteiger partial charge in [-0.25, -0.2) is 9.59 Å². The Kier molecular flexibility index (Phi) is 7.08. The molecule has 0 fully saturated rings. The maximum atomic E-state index is 12.3. The fourth-order valence-corrected chi connectivity index (χ4v) is 2.17. The van der Waals surface area contributed by atoms with E-state index in [1.165, 1.54) is 6.92 Å². The number of amides is 1. The highest BCUT2D eigenvalue weighted by atomic mass is 79.9. The van der Waals surface area contributed by atoms with Gasteiger partial charge in [0.25, 0.3) is 0 Å². The number of rotatable bonds is 6. The van der Waals surface area contributed by atoms with Crippen LogP contribution in [-0.4, -0.2) is 46.4 Å². The Morgan fingerprint density at radius 2 is 1.75 bits per heavy atom. The second-order valence-electron chi connectivity index (χ2n) is 6.53. The maximum absolute atomic E-state index is 12.3. The van der Waals surface area contributed by atoms with Crippen LogP contribution in [0.25, 0.3) is 0 Å². The summed E-state index contributed by atoms with van der Waals surface area (Å²) >= 11 is 3.34. The number of aliphatic carboxylic acids is 1. The topological polar surface area (TPSA) is 76.1 Å². The summed E-state index contributed by atoms with van der Waals surface area (Å²) in [4.78, 5) is 24.8. The van der Waals surface area contributed by atoms with Gasteiger partial charge in [-0.2, -0.15) is 0 Å². The summed E-state index contributed by atoms with van der Waals surface area (Å²) in [7, 11) is 0. The van der Waals surface area contributed by atoms with E-state index in [9.17, 15) is 14.7 Å². The lowest BCUT2D eigenvalue weighted by Gasteiger charge is -2.31. The van der Waals surface area contributed by atoms with Crippen LogP contribution in [0.3, 0.4) is 0 Å². The molecule has 0 spiro atoms. The lowest BCUT2D eigenvalue weighted by atomic mass is 10.2. The summed E-state index contributed by atoms with van der Waals surface area (Å²) in [6, 6.07) is 6.25. The quantitative estimate of drug-likeness (QED) is 0.781. The van der Waals surface area contributed by atoms with Crippen LogP contribution < -0.4 is 4.74 Å². The van der Waals surface area contributed by atoms with Crippen molar-refractivity contribution in [3.05, 3.63) is 28.7 Å². The van der Waals surface area contributed by atoms with E-state index in [-0.39, 0.29) is 6.54 Å². The Labute approximate surface area is 150 Å². The van der Waals surface area contributed by atoms with Crippen LogP contribution in [0.4, 0.5) is 4.79 Å². The molecular formula is C17H24BrNO5. The second kappa shape index (κ2) is 8.37. The molecule has 134 valence electrons. The van der Waals surface area contributed by atoms with Crippen molar-refractivity contribution in [1.29, 1.82) is 0 Å². The molecular weight excluding hydrogens is 378 g/mol. The molecule has 0 saturated heterocycles. The van der Waals surface area contributed by atoms with Crippen molar-refractivity contribution in [2.45, 2.75) is 52.4 Å². The summed E-state index contributed by atoms with van der Waals surface area (Å²) in [6.45, 7) is 8.51. The van der Waals surface area contributed by atoms with E-state index in [0.717, 1.165) is 9.37 Å². The fourth-order valence-electron chi connectivity index (χ4n) is 1.90. The molecule has 7 heteroatoms. The van der Waals surface area contributed by atoms with Crippen molar-refractivity contribution in [2.24, 2.45) is 0 Å². The van der Waals surface area contributed by atoms with Crippen molar-refractivity contribution >= 4 is 28.0 Å². The maximum Gasteiger partial charge on any atom is 0.411 e. The molecule has 0 bridgehead atoms. The SMILES string of the molecule is C[C@H](C(=O)O)N(C[C@H](C)Oc1ccc(Br)cc1)C(=O)OC(C)(C)C. The first-order valence-corrected chi connectivity index (χ1v) is 8.43. The van der Waals surface area contributed by atoms with Gasteiger partial charge in [0.1, 0.15) is 23.5 Å². The number of carbonyl (C=O) groups excluding carboxylic acids is 1. The molecule has 1 aromatic carbocycles. The number of hydrogen-bond acceptors (Lipinski definition) is 4. The van der Waals surface area contributed by atoms with E-state index in [0.29, 0.717) is 5.75 Å². The number of ether oxygens (including phenoxy) is 2. The van der Waals surface area contributed by atoms with Crippen LogP contribution in [0.15, 0.2) is 28.7 Å². The predicted molar refractivity (Wildman–Crippen MR) is 94.3 cm³/mol. The average molecular weight is 402 g/mol. The largest absolute Gasteiger partial charge is 0.489 e. The summed E-state index contributed by atoms with van der Waals surface area (Å²) in [6.07, 6.45) is -1.08. The van der Waals surface area contributed by atoms with Gasteiger partial charge in [0, 0.05) is 4.47 Å². The molecule has 0 aliphatic heterocycles. The third-order valence-electron chi connectivity index (χ3n) is 3.06. The molecule has 6 nitrogen and oxygen atoms in total. The third-order valence-corrected chi connectivity index (χ3v) is 3.59. The number of carboxylic acids is 1. The number of carbonyl (C=O) groups is 2. The standard InChI is InChI=1S/C17H24BrNO5/c1-11(23-14-8-6-13(18)7-9-14)10-19(12(2)15(20)21)16(22)24-17(3,4)5/h6-9,11-12H,10H2,1-5H3,(H,20,21)/t11-,12+/m0/s1. The van der Waals surface area contributed by atoms with Gasteiger partial charge in [-0.1, -0.05) is 15.9 Å². The first kappa shape index (κ1) is 20.3. The smallest absolute Gasteiger partial charge is 0.411 e. The van der Waals surface area contributed by atoms with Crippen molar-refractivity contribution < 1.29 is 24.2 Å². The number of hydrogen-bond donors (Lipinski definition) is 1. The van der Waals surface area contributed by atoms with Crippen molar-refractivity contribution in [1.82, 2.24) is 4.90 Å². The van der Waals surface area contributed by atoms with Crippen molar-refractivity contribution in [3.63, 3.8) is 0 Å². The van der Waals surface area contributed by atoms with Crippen LogP contribution in [0.2, 0.25) is 0 Å². The molecule has 0 aliphatic carbocycles. The molecule has 0 aliphatic rings. The van der Waals surface area contributed by atoms with Gasteiger partial charge < -0.3 is 14.6 Å². The Morgan fingerprint density at radius 3 is 2.21 bits per heavy atom. The summed E-state index contributed by atoms with van der Waals surface area (Å²) in [5.74, 6) is -0.463. The molecule has 2 atom stereocenters. The van der Waals surface area contributed by atoms with Gasteiger partial charge in [0.15, 0.2) is 0 Å². The lowest BCUT2D eigenvalue weighted by molar-refractivity contribution is -0.142. The molecule has 0 unspecified atom stereocenters. The van der Waals surface area contributed by atoms with Gasteiger partial charge in [-0.15, -0.1) is 0 Å². The number of benzene rings is 1. The van der Waals surface area contributed by atoms with E-state index < -0.39 is 29.8 Å². The zero-order valence-corrected chi connectivity index (χ0v) is 16.2. The second-order valence-corrected chi connectivity index (χ2v) is 7.44. The summed E-state index contributed by atoms with van der Waals surface area (Å²) < 4.78 is 12.0. The Balaban J connectivity index is 2.81. The van der Waals surface area contributed by atoms with E-state index in [4.69, 9.17) is 9.47 Å². The molecule has 0 heterocycles. The summed E-state index contributed by atoms with van der Waals surface area (Å²) in [5, 5.41) is 9.24. The summed E-state index contributed by atoms with van der Waals surface area (Å²) in [5.41, 5.74) is -0.705. The fraction of sp³-hybridized carbons (Fsp3) is 0.529. The number of nitrogens with zero attached hydrogens (tertiary/aromatic N) is 1. The highest BCUT2D eigenvalue weighted by Crippen LogP contribution is 2.19. The normalized spacial score (nSPS) is 13.8. The van der Waals surface area contributed by atoms with Gasteiger partial charge in [-0.3, -0.25) is 4.90 Å². The third kappa shape index (κ3) is 6.78. The molecule has 1 aromatic rings. The zero-order valence-electron chi connectivity index (χ0n) is 14.6. The van der Waals surface area contributed by atoms with Crippen LogP contribution in [-0.2, 0) is 9.53 Å². The van der Waals surface area contributed by atoms with Crippen LogP contribution in [0.5, 0.6) is 5.75 Å². The van der Waals surface area contributed by atoms with Gasteiger partial charge in [-0.05, 0) is 58.9 Å². The molecule has 1 rings (SSSR count). The van der Waals surface area contributed by atoms with Crippen LogP contribution >= 0.6 is 15.9 Å². The minimum atomic E-state index is -1.10.